The highest BCUT2D eigenvalue weighted by atomic mass is 35.6. The van der Waals surface area contributed by atoms with E-state index in [0.717, 1.165) is 16.0 Å². The predicted molar refractivity (Wildman–Crippen MR) is 123 cm³/mol. The Balaban J connectivity index is 1.97. The molecule has 1 aromatic carbocycles. The molecule has 0 fully saturated rings. The molecule has 0 saturated heterocycles. The van der Waals surface area contributed by atoms with Gasteiger partial charge < -0.3 is 5.11 Å². The van der Waals surface area contributed by atoms with Gasteiger partial charge in [0.05, 0.1) is 6.42 Å². The zero-order chi connectivity index (χ0) is 22.1. The number of hydrogen-bond acceptors (Lipinski definition) is 5. The molecule has 5 nitrogen and oxygen atoms in total. The molecular formula is C18H11Cl6N3O2S. The fourth-order valence-electron chi connectivity index (χ4n) is 2.57. The quantitative estimate of drug-likeness (QED) is 0.351. The summed E-state index contributed by atoms with van der Waals surface area (Å²) in [5, 5.41) is 10.8. The minimum Gasteiger partial charge on any atom is -0.481 e. The Labute approximate surface area is 205 Å². The second-order valence-corrected chi connectivity index (χ2v) is 11.6. The molecule has 0 atom stereocenters. The van der Waals surface area contributed by atoms with E-state index >= 15 is 0 Å². The van der Waals surface area contributed by atoms with Gasteiger partial charge in [0.2, 0.25) is 7.59 Å². The molecule has 0 spiro atoms. The summed E-state index contributed by atoms with van der Waals surface area (Å²) in [5.41, 5.74) is 2.47. The number of aliphatic carboxylic acids is 1. The zero-order valence-electron chi connectivity index (χ0n) is 14.8. The molecule has 0 aliphatic heterocycles. The van der Waals surface area contributed by atoms with Crippen LogP contribution in [0.25, 0.3) is 22.5 Å². The van der Waals surface area contributed by atoms with Gasteiger partial charge in [-0.05, 0) is 29.0 Å². The van der Waals surface area contributed by atoms with Crippen molar-refractivity contribution in [3.63, 3.8) is 0 Å². The predicted octanol–water partition coefficient (Wildman–Crippen LogP) is 6.94. The lowest BCUT2D eigenvalue weighted by Crippen LogP contribution is -2.16. The first-order valence-corrected chi connectivity index (χ1v) is 11.4. The summed E-state index contributed by atoms with van der Waals surface area (Å²) in [6.07, 6.45) is 0.521. The first kappa shape index (κ1) is 23.8. The maximum Gasteiger partial charge on any atom is 0.303 e. The standard InChI is InChI=1S/C18H11Cl6N3O2S/c19-17(20,21)15-25-14(26-16(27-15)18(22,23)24)10-3-1-9(2-4-10)11-7-8-30-12(11)5-6-13(28)29/h1-4,7-8H,5-6H2,(H,28,29). The van der Waals surface area contributed by atoms with Crippen LogP contribution in [0.5, 0.6) is 0 Å². The Morgan fingerprint density at radius 1 is 0.867 bits per heavy atom. The molecule has 0 aliphatic carbocycles. The average Bonchev–Trinajstić information content (AvgIpc) is 3.13. The highest BCUT2D eigenvalue weighted by molar-refractivity contribution is 7.10. The van der Waals surface area contributed by atoms with Crippen LogP contribution in [0.2, 0.25) is 0 Å². The number of alkyl halides is 6. The molecule has 0 unspecified atom stereocenters. The number of carboxylic acids is 1. The van der Waals surface area contributed by atoms with Gasteiger partial charge in [0.15, 0.2) is 17.5 Å². The van der Waals surface area contributed by atoms with E-state index in [9.17, 15) is 4.79 Å². The van der Waals surface area contributed by atoms with Crippen molar-refractivity contribution >= 4 is 86.9 Å². The van der Waals surface area contributed by atoms with Gasteiger partial charge in [-0.1, -0.05) is 93.9 Å². The van der Waals surface area contributed by atoms with Crippen molar-refractivity contribution in [2.75, 3.05) is 0 Å². The molecule has 1 N–H and O–H groups in total. The number of aromatic nitrogens is 3. The van der Waals surface area contributed by atoms with Crippen molar-refractivity contribution in [3.8, 4) is 22.5 Å². The molecule has 2 heterocycles. The van der Waals surface area contributed by atoms with Gasteiger partial charge in [-0.2, -0.15) is 0 Å². The fraction of sp³-hybridized carbons (Fsp3) is 0.222. The Morgan fingerprint density at radius 3 is 1.90 bits per heavy atom. The van der Waals surface area contributed by atoms with Crippen LogP contribution >= 0.6 is 80.9 Å². The fourth-order valence-corrected chi connectivity index (χ4v) is 3.98. The molecule has 0 amide bonds. The summed E-state index contributed by atoms with van der Waals surface area (Å²) in [6.45, 7) is 0. The molecule has 0 bridgehead atoms. The number of nitrogens with zero attached hydrogens (tertiary/aromatic N) is 3. The van der Waals surface area contributed by atoms with E-state index in [1.165, 1.54) is 11.3 Å². The molecule has 0 aliphatic rings. The van der Waals surface area contributed by atoms with Gasteiger partial charge in [-0.3, -0.25) is 4.79 Å². The van der Waals surface area contributed by atoms with Crippen LogP contribution in [0.1, 0.15) is 22.9 Å². The number of aryl methyl sites for hydroxylation is 1. The summed E-state index contributed by atoms with van der Waals surface area (Å²) < 4.78 is -3.87. The van der Waals surface area contributed by atoms with Crippen LogP contribution in [0.15, 0.2) is 35.7 Å². The van der Waals surface area contributed by atoms with E-state index < -0.39 is 13.6 Å². The second kappa shape index (κ2) is 9.33. The van der Waals surface area contributed by atoms with Crippen LogP contribution in [0.4, 0.5) is 0 Å². The van der Waals surface area contributed by atoms with E-state index in [2.05, 4.69) is 15.0 Å². The number of carbonyl (C=O) groups is 1. The van der Waals surface area contributed by atoms with E-state index in [1.807, 2.05) is 23.6 Å². The Bertz CT molecular complexity index is 1030. The zero-order valence-corrected chi connectivity index (χ0v) is 20.1. The Morgan fingerprint density at radius 2 is 1.40 bits per heavy atom. The Kier molecular flexibility index (Phi) is 7.40. The van der Waals surface area contributed by atoms with Crippen molar-refractivity contribution in [1.29, 1.82) is 0 Å². The number of benzene rings is 1. The van der Waals surface area contributed by atoms with Crippen molar-refractivity contribution < 1.29 is 9.90 Å². The number of halogens is 6. The van der Waals surface area contributed by atoms with Crippen molar-refractivity contribution in [1.82, 2.24) is 15.0 Å². The monoisotopic (exact) mass is 543 g/mol. The molecule has 0 radical (unpaired) electrons. The van der Waals surface area contributed by atoms with Crippen LogP contribution in [-0.4, -0.2) is 26.0 Å². The number of thiophene rings is 1. The largest absolute Gasteiger partial charge is 0.481 e. The van der Waals surface area contributed by atoms with Gasteiger partial charge in [0.25, 0.3) is 0 Å². The van der Waals surface area contributed by atoms with E-state index in [0.29, 0.717) is 12.0 Å². The number of hydrogen-bond donors (Lipinski definition) is 1. The van der Waals surface area contributed by atoms with Crippen LogP contribution in [0, 0.1) is 0 Å². The van der Waals surface area contributed by atoms with Gasteiger partial charge >= 0.3 is 5.97 Å². The van der Waals surface area contributed by atoms with Gasteiger partial charge in [-0.15, -0.1) is 11.3 Å². The Hall–Kier alpha value is -0.860. The summed E-state index contributed by atoms with van der Waals surface area (Å²) in [6, 6.07) is 9.20. The molecule has 158 valence electrons. The lowest BCUT2D eigenvalue weighted by atomic mass is 10.0. The van der Waals surface area contributed by atoms with E-state index in [4.69, 9.17) is 74.7 Å². The van der Waals surface area contributed by atoms with Crippen molar-refractivity contribution in [2.24, 2.45) is 0 Å². The first-order valence-electron chi connectivity index (χ1n) is 8.24. The molecular weight excluding hydrogens is 535 g/mol. The average molecular weight is 546 g/mol. The summed E-state index contributed by atoms with van der Waals surface area (Å²) >= 11 is 37.0. The maximum absolute atomic E-state index is 10.9. The van der Waals surface area contributed by atoms with Crippen molar-refractivity contribution in [2.45, 2.75) is 20.4 Å². The normalized spacial score (nSPS) is 12.2. The van der Waals surface area contributed by atoms with E-state index in [1.54, 1.807) is 12.1 Å². The third kappa shape index (κ3) is 5.88. The smallest absolute Gasteiger partial charge is 0.303 e. The second-order valence-electron chi connectivity index (χ2n) is 6.03. The highest BCUT2D eigenvalue weighted by Gasteiger charge is 2.34. The topological polar surface area (TPSA) is 76.0 Å². The van der Waals surface area contributed by atoms with Crippen molar-refractivity contribution in [3.05, 3.63) is 52.2 Å². The van der Waals surface area contributed by atoms with Gasteiger partial charge in [0.1, 0.15) is 0 Å². The molecule has 3 aromatic rings. The lowest BCUT2D eigenvalue weighted by molar-refractivity contribution is -0.136. The highest BCUT2D eigenvalue weighted by Crippen LogP contribution is 2.41. The molecule has 0 saturated carbocycles. The first-order chi connectivity index (χ1) is 13.9. The summed E-state index contributed by atoms with van der Waals surface area (Å²) in [4.78, 5) is 24.2. The molecule has 30 heavy (non-hydrogen) atoms. The van der Waals surface area contributed by atoms with Crippen LogP contribution in [-0.2, 0) is 18.8 Å². The van der Waals surface area contributed by atoms with Crippen LogP contribution in [0.3, 0.4) is 0 Å². The van der Waals surface area contributed by atoms with Gasteiger partial charge in [0, 0.05) is 10.4 Å². The molecule has 2 aromatic heterocycles. The molecule has 3 rings (SSSR count). The third-order valence-electron chi connectivity index (χ3n) is 3.91. The van der Waals surface area contributed by atoms with Crippen LogP contribution < -0.4 is 0 Å². The van der Waals surface area contributed by atoms with Gasteiger partial charge in [-0.25, -0.2) is 15.0 Å². The number of rotatable bonds is 5. The van der Waals surface area contributed by atoms with E-state index in [-0.39, 0.29) is 23.9 Å². The summed E-state index contributed by atoms with van der Waals surface area (Å²) in [5.74, 6) is -1.00. The number of carboxylic acid groups (broad SMARTS) is 1. The summed E-state index contributed by atoms with van der Waals surface area (Å²) in [7, 11) is 0. The lowest BCUT2D eigenvalue weighted by Gasteiger charge is -2.15. The molecule has 12 heteroatoms. The SMILES string of the molecule is O=C(O)CCc1sccc1-c1ccc(-c2nc(C(Cl)(Cl)Cl)nc(C(Cl)(Cl)Cl)n2)cc1. The third-order valence-corrected chi connectivity index (χ3v) is 5.90. The minimum atomic E-state index is -1.93. The maximum atomic E-state index is 10.9. The minimum absolute atomic E-state index is 0.0655.